The lowest BCUT2D eigenvalue weighted by Crippen LogP contribution is -2.46. The molecule has 28 heavy (non-hydrogen) atoms. The molecule has 1 aliphatic rings. The Bertz CT molecular complexity index is 950. The predicted octanol–water partition coefficient (Wildman–Crippen LogP) is 4.00. The maximum Gasteiger partial charge on any atom is 0.319 e. The second kappa shape index (κ2) is 8.10. The molecule has 2 aromatic heterocycles. The minimum atomic E-state index is -0.164. The first-order chi connectivity index (χ1) is 13.6. The summed E-state index contributed by atoms with van der Waals surface area (Å²) in [6.07, 6.45) is 5.25. The molecule has 0 saturated carbocycles. The number of amides is 2. The molecule has 8 heteroatoms. The van der Waals surface area contributed by atoms with E-state index in [1.807, 2.05) is 24.3 Å². The Balaban J connectivity index is 1.32. The van der Waals surface area contributed by atoms with Gasteiger partial charge in [-0.15, -0.1) is 11.3 Å². The summed E-state index contributed by atoms with van der Waals surface area (Å²) in [4.78, 5) is 27.8. The van der Waals surface area contributed by atoms with Crippen molar-refractivity contribution in [2.45, 2.75) is 38.6 Å². The summed E-state index contributed by atoms with van der Waals surface area (Å²) in [6.45, 7) is 5.94. The number of urea groups is 1. The minimum absolute atomic E-state index is 0.152. The maximum absolute atomic E-state index is 12.4. The quantitative estimate of drug-likeness (QED) is 0.696. The third-order valence-corrected chi connectivity index (χ3v) is 6.14. The standard InChI is InChI=1S/C20H24N6OS/c1-13(2)18-25-16-5-4-15(12-17(16)28-18)24-20(27)23-14-6-10-26(11-7-14)19-21-8-3-9-22-19/h3-5,8-9,12-14H,6-7,10-11H2,1-2H3,(H2,23,24,27). The maximum atomic E-state index is 12.4. The molecule has 2 amide bonds. The van der Waals surface area contributed by atoms with E-state index >= 15 is 0 Å². The number of rotatable bonds is 4. The third kappa shape index (κ3) is 4.22. The van der Waals surface area contributed by atoms with Crippen LogP contribution in [-0.2, 0) is 0 Å². The molecule has 1 aromatic carbocycles. The first kappa shape index (κ1) is 18.6. The van der Waals surface area contributed by atoms with E-state index in [2.05, 4.69) is 44.3 Å². The Hall–Kier alpha value is -2.74. The molecule has 3 heterocycles. The highest BCUT2D eigenvalue weighted by atomic mass is 32.1. The molecule has 1 saturated heterocycles. The van der Waals surface area contributed by atoms with Crippen LogP contribution in [0.3, 0.4) is 0 Å². The second-order valence-electron chi connectivity index (χ2n) is 7.30. The highest BCUT2D eigenvalue weighted by Crippen LogP contribution is 2.29. The van der Waals surface area contributed by atoms with Crippen molar-refractivity contribution >= 4 is 39.2 Å². The molecule has 0 bridgehead atoms. The molecule has 0 radical (unpaired) electrons. The predicted molar refractivity (Wildman–Crippen MR) is 113 cm³/mol. The highest BCUT2D eigenvalue weighted by Gasteiger charge is 2.22. The zero-order chi connectivity index (χ0) is 19.5. The number of thiazole rings is 1. The van der Waals surface area contributed by atoms with E-state index in [-0.39, 0.29) is 12.1 Å². The lowest BCUT2D eigenvalue weighted by atomic mass is 10.1. The number of carbonyl (C=O) groups excluding carboxylic acids is 1. The van der Waals surface area contributed by atoms with E-state index in [1.165, 1.54) is 0 Å². The molecule has 4 rings (SSSR count). The number of hydrogen-bond acceptors (Lipinski definition) is 6. The average Bonchev–Trinajstić information content (AvgIpc) is 3.13. The number of nitrogens with zero attached hydrogens (tertiary/aromatic N) is 4. The van der Waals surface area contributed by atoms with Crippen LogP contribution in [0.15, 0.2) is 36.7 Å². The van der Waals surface area contributed by atoms with Crippen molar-refractivity contribution in [1.29, 1.82) is 0 Å². The summed E-state index contributed by atoms with van der Waals surface area (Å²) < 4.78 is 1.10. The highest BCUT2D eigenvalue weighted by molar-refractivity contribution is 7.18. The fraction of sp³-hybridized carbons (Fsp3) is 0.400. The van der Waals surface area contributed by atoms with Crippen molar-refractivity contribution in [1.82, 2.24) is 20.3 Å². The van der Waals surface area contributed by atoms with E-state index < -0.39 is 0 Å². The van der Waals surface area contributed by atoms with Crippen molar-refractivity contribution in [3.63, 3.8) is 0 Å². The van der Waals surface area contributed by atoms with Gasteiger partial charge in [-0.25, -0.2) is 19.7 Å². The summed E-state index contributed by atoms with van der Waals surface area (Å²) in [5, 5.41) is 7.15. The second-order valence-corrected chi connectivity index (χ2v) is 8.36. The van der Waals surface area contributed by atoms with Crippen LogP contribution in [0, 0.1) is 0 Å². The first-order valence-electron chi connectivity index (χ1n) is 9.58. The molecule has 0 atom stereocenters. The first-order valence-corrected chi connectivity index (χ1v) is 10.4. The largest absolute Gasteiger partial charge is 0.341 e. The van der Waals surface area contributed by atoms with Crippen LogP contribution in [0.25, 0.3) is 10.2 Å². The van der Waals surface area contributed by atoms with Gasteiger partial charge in [0.15, 0.2) is 0 Å². The SMILES string of the molecule is CC(C)c1nc2ccc(NC(=O)NC3CCN(c4ncccn4)CC3)cc2s1. The molecule has 1 fully saturated rings. The van der Waals surface area contributed by atoms with Crippen LogP contribution >= 0.6 is 11.3 Å². The Morgan fingerprint density at radius 2 is 1.96 bits per heavy atom. The van der Waals surface area contributed by atoms with Gasteiger partial charge in [0.1, 0.15) is 0 Å². The Labute approximate surface area is 168 Å². The summed E-state index contributed by atoms with van der Waals surface area (Å²) in [5.41, 5.74) is 1.77. The number of piperidine rings is 1. The molecule has 0 spiro atoms. The van der Waals surface area contributed by atoms with Crippen LogP contribution in [0.5, 0.6) is 0 Å². The van der Waals surface area contributed by atoms with Crippen LogP contribution in [0.2, 0.25) is 0 Å². The minimum Gasteiger partial charge on any atom is -0.341 e. The molecule has 1 aliphatic heterocycles. The molecule has 2 N–H and O–H groups in total. The Kier molecular flexibility index (Phi) is 5.38. The van der Waals surface area contributed by atoms with Gasteiger partial charge in [0.25, 0.3) is 0 Å². The summed E-state index contributed by atoms with van der Waals surface area (Å²) in [6, 6.07) is 7.66. The molecule has 3 aromatic rings. The van der Waals surface area contributed by atoms with Crippen molar-refractivity contribution in [2.24, 2.45) is 0 Å². The van der Waals surface area contributed by atoms with Crippen molar-refractivity contribution in [3.05, 3.63) is 41.7 Å². The van der Waals surface area contributed by atoms with Gasteiger partial charge in [0.2, 0.25) is 5.95 Å². The molecular weight excluding hydrogens is 372 g/mol. The molecule has 7 nitrogen and oxygen atoms in total. The van der Waals surface area contributed by atoms with Gasteiger partial charge < -0.3 is 15.5 Å². The summed E-state index contributed by atoms with van der Waals surface area (Å²) in [5.74, 6) is 1.16. The van der Waals surface area contributed by atoms with Crippen molar-refractivity contribution in [2.75, 3.05) is 23.3 Å². The van der Waals surface area contributed by atoms with Crippen LogP contribution < -0.4 is 15.5 Å². The topological polar surface area (TPSA) is 83.0 Å². The van der Waals surface area contributed by atoms with E-state index in [9.17, 15) is 4.79 Å². The number of carbonyl (C=O) groups is 1. The third-order valence-electron chi connectivity index (χ3n) is 4.82. The van der Waals surface area contributed by atoms with Gasteiger partial charge in [0, 0.05) is 43.1 Å². The summed E-state index contributed by atoms with van der Waals surface area (Å²) in [7, 11) is 0. The number of aromatic nitrogens is 3. The van der Waals surface area contributed by atoms with Crippen molar-refractivity contribution < 1.29 is 4.79 Å². The lowest BCUT2D eigenvalue weighted by Gasteiger charge is -2.32. The van der Waals surface area contributed by atoms with E-state index in [0.29, 0.717) is 5.92 Å². The zero-order valence-corrected chi connectivity index (χ0v) is 16.9. The molecular formula is C20H24N6OS. The molecule has 0 unspecified atom stereocenters. The normalized spacial score (nSPS) is 15.2. The van der Waals surface area contributed by atoms with E-state index in [0.717, 1.165) is 52.8 Å². The fourth-order valence-electron chi connectivity index (χ4n) is 3.30. The zero-order valence-electron chi connectivity index (χ0n) is 16.1. The number of benzene rings is 1. The number of nitrogens with one attached hydrogen (secondary N) is 2. The number of hydrogen-bond donors (Lipinski definition) is 2. The van der Waals surface area contributed by atoms with E-state index in [4.69, 9.17) is 0 Å². The average molecular weight is 397 g/mol. The number of fused-ring (bicyclic) bond motifs is 1. The van der Waals surface area contributed by atoms with E-state index in [1.54, 1.807) is 23.7 Å². The smallest absolute Gasteiger partial charge is 0.319 e. The molecule has 0 aliphatic carbocycles. The van der Waals surface area contributed by atoms with Gasteiger partial charge in [-0.05, 0) is 37.1 Å². The number of anilines is 2. The fourth-order valence-corrected chi connectivity index (χ4v) is 4.31. The monoisotopic (exact) mass is 396 g/mol. The van der Waals surface area contributed by atoms with Crippen LogP contribution in [0.4, 0.5) is 16.4 Å². The van der Waals surface area contributed by atoms with Crippen LogP contribution in [0.1, 0.15) is 37.6 Å². The molecule has 146 valence electrons. The van der Waals surface area contributed by atoms with Gasteiger partial charge in [-0.2, -0.15) is 0 Å². The van der Waals surface area contributed by atoms with Gasteiger partial charge in [0.05, 0.1) is 15.2 Å². The van der Waals surface area contributed by atoms with Gasteiger partial charge in [-0.3, -0.25) is 0 Å². The Morgan fingerprint density at radius 1 is 1.21 bits per heavy atom. The van der Waals surface area contributed by atoms with Crippen molar-refractivity contribution in [3.8, 4) is 0 Å². The summed E-state index contributed by atoms with van der Waals surface area (Å²) >= 11 is 1.68. The Morgan fingerprint density at radius 3 is 2.68 bits per heavy atom. The van der Waals surface area contributed by atoms with Gasteiger partial charge in [-0.1, -0.05) is 13.8 Å². The van der Waals surface area contributed by atoms with Crippen LogP contribution in [-0.4, -0.2) is 40.1 Å². The van der Waals surface area contributed by atoms with Gasteiger partial charge >= 0.3 is 6.03 Å². The lowest BCUT2D eigenvalue weighted by molar-refractivity contribution is 0.246.